The van der Waals surface area contributed by atoms with E-state index in [9.17, 15) is 4.39 Å². The molecule has 0 aliphatic carbocycles. The quantitative estimate of drug-likeness (QED) is 0.670. The Labute approximate surface area is 118 Å². The number of nitrogens with one attached hydrogen (secondary N) is 1. The number of H-pyrrole nitrogens is 1. The molecule has 0 aliphatic rings. The predicted octanol–water partition coefficient (Wildman–Crippen LogP) is 3.49. The minimum atomic E-state index is -0.191. The van der Waals surface area contributed by atoms with E-state index in [2.05, 4.69) is 28.5 Å². The van der Waals surface area contributed by atoms with Gasteiger partial charge in [0.15, 0.2) is 4.77 Å². The lowest BCUT2D eigenvalue weighted by Crippen LogP contribution is -2.13. The number of benzene rings is 1. The summed E-state index contributed by atoms with van der Waals surface area (Å²) in [5, 5.41) is 0. The van der Waals surface area contributed by atoms with E-state index in [0.29, 0.717) is 10.3 Å². The van der Waals surface area contributed by atoms with Gasteiger partial charge in [0, 0.05) is 6.54 Å². The fourth-order valence-corrected chi connectivity index (χ4v) is 2.50. The van der Waals surface area contributed by atoms with Crippen molar-refractivity contribution in [3.8, 4) is 0 Å². The number of nitrogens with zero attached hydrogens (tertiary/aromatic N) is 2. The summed E-state index contributed by atoms with van der Waals surface area (Å²) in [5.74, 6) is -0.191. The first-order valence-electron chi connectivity index (χ1n) is 6.52. The highest BCUT2D eigenvalue weighted by Gasteiger charge is 2.07. The summed E-state index contributed by atoms with van der Waals surface area (Å²) in [4.78, 5) is 5.25. The third-order valence-corrected chi connectivity index (χ3v) is 3.61. The van der Waals surface area contributed by atoms with Gasteiger partial charge < -0.3 is 14.5 Å². The van der Waals surface area contributed by atoms with Crippen molar-refractivity contribution in [2.24, 2.45) is 0 Å². The van der Waals surface area contributed by atoms with Crippen LogP contribution in [0.5, 0.6) is 0 Å². The third kappa shape index (κ3) is 3.22. The highest BCUT2D eigenvalue weighted by atomic mass is 32.1. The Bertz CT molecular complexity index is 627. The number of hydrogen-bond donors (Lipinski definition) is 1. The summed E-state index contributed by atoms with van der Waals surface area (Å²) >= 11 is 5.32. The lowest BCUT2D eigenvalue weighted by Gasteiger charge is -2.09. The number of imidazole rings is 1. The maximum absolute atomic E-state index is 13.5. The molecule has 0 spiro atoms. The molecule has 2 aromatic rings. The summed E-state index contributed by atoms with van der Waals surface area (Å²) in [7, 11) is 4.15. The summed E-state index contributed by atoms with van der Waals surface area (Å²) in [5.41, 5.74) is 2.43. The standard InChI is InChI=1S/C14H20FN3S/c1-10-8-13-12(9-11(10)15)16-14(19)18(13)7-5-4-6-17(2)3/h8-9H,4-7H2,1-3H3,(H,16,19). The zero-order valence-corrected chi connectivity index (χ0v) is 12.5. The number of aromatic nitrogens is 2. The number of hydrogen-bond acceptors (Lipinski definition) is 2. The van der Waals surface area contributed by atoms with E-state index in [1.807, 2.05) is 6.07 Å². The zero-order chi connectivity index (χ0) is 14.0. The number of rotatable bonds is 5. The Balaban J connectivity index is 2.20. The van der Waals surface area contributed by atoms with Crippen LogP contribution in [-0.2, 0) is 6.54 Å². The van der Waals surface area contributed by atoms with Crippen molar-refractivity contribution >= 4 is 23.3 Å². The maximum Gasteiger partial charge on any atom is 0.178 e. The van der Waals surface area contributed by atoms with Crippen molar-refractivity contribution in [3.63, 3.8) is 0 Å². The molecular weight excluding hydrogens is 261 g/mol. The van der Waals surface area contributed by atoms with Crippen LogP contribution in [0.4, 0.5) is 4.39 Å². The van der Waals surface area contributed by atoms with Crippen molar-refractivity contribution in [1.82, 2.24) is 14.5 Å². The molecule has 19 heavy (non-hydrogen) atoms. The lowest BCUT2D eigenvalue weighted by molar-refractivity contribution is 0.388. The van der Waals surface area contributed by atoms with Crippen LogP contribution in [0.1, 0.15) is 18.4 Å². The van der Waals surface area contributed by atoms with Gasteiger partial charge in [-0.1, -0.05) is 0 Å². The van der Waals surface area contributed by atoms with Gasteiger partial charge in [-0.25, -0.2) is 4.39 Å². The van der Waals surface area contributed by atoms with Gasteiger partial charge in [0.2, 0.25) is 0 Å². The van der Waals surface area contributed by atoms with Gasteiger partial charge >= 0.3 is 0 Å². The first-order valence-corrected chi connectivity index (χ1v) is 6.93. The molecule has 1 aromatic carbocycles. The summed E-state index contributed by atoms with van der Waals surface area (Å²) in [6, 6.07) is 3.39. The molecule has 0 atom stereocenters. The van der Waals surface area contributed by atoms with Crippen LogP contribution in [0, 0.1) is 17.5 Å². The van der Waals surface area contributed by atoms with Crippen molar-refractivity contribution < 1.29 is 4.39 Å². The van der Waals surface area contributed by atoms with E-state index in [4.69, 9.17) is 12.2 Å². The van der Waals surface area contributed by atoms with Crippen molar-refractivity contribution in [3.05, 3.63) is 28.3 Å². The SMILES string of the molecule is Cc1cc2c(cc1F)[nH]c(=S)n2CCCCN(C)C. The molecule has 1 heterocycles. The van der Waals surface area contributed by atoms with E-state index in [-0.39, 0.29) is 5.82 Å². The smallest absolute Gasteiger partial charge is 0.178 e. The molecule has 0 aliphatic heterocycles. The fraction of sp³-hybridized carbons (Fsp3) is 0.500. The molecule has 5 heteroatoms. The first-order chi connectivity index (χ1) is 8.99. The molecule has 3 nitrogen and oxygen atoms in total. The van der Waals surface area contributed by atoms with Crippen molar-refractivity contribution in [1.29, 1.82) is 0 Å². The second-order valence-electron chi connectivity index (χ2n) is 5.21. The van der Waals surface area contributed by atoms with E-state index < -0.39 is 0 Å². The maximum atomic E-state index is 13.5. The molecule has 1 N–H and O–H groups in total. The number of halogens is 1. The average Bonchev–Trinajstić information content (AvgIpc) is 2.61. The van der Waals surface area contributed by atoms with Crippen molar-refractivity contribution in [2.75, 3.05) is 20.6 Å². The van der Waals surface area contributed by atoms with E-state index in [0.717, 1.165) is 37.0 Å². The Kier molecular flexibility index (Phi) is 4.37. The van der Waals surface area contributed by atoms with E-state index in [1.165, 1.54) is 6.07 Å². The topological polar surface area (TPSA) is 24.0 Å². The van der Waals surface area contributed by atoms with Gasteiger partial charge in [0.05, 0.1) is 11.0 Å². The van der Waals surface area contributed by atoms with Crippen LogP contribution >= 0.6 is 12.2 Å². The van der Waals surface area contributed by atoms with Gasteiger partial charge in [0.1, 0.15) is 5.82 Å². The molecule has 0 radical (unpaired) electrons. The number of aromatic amines is 1. The zero-order valence-electron chi connectivity index (χ0n) is 11.7. The van der Waals surface area contributed by atoms with E-state index >= 15 is 0 Å². The molecule has 0 saturated heterocycles. The Hall–Kier alpha value is -1.20. The van der Waals surface area contributed by atoms with Crippen LogP contribution in [-0.4, -0.2) is 35.1 Å². The molecule has 0 bridgehead atoms. The van der Waals surface area contributed by atoms with Crippen LogP contribution in [0.15, 0.2) is 12.1 Å². The first kappa shape index (κ1) is 14.2. The Morgan fingerprint density at radius 1 is 1.32 bits per heavy atom. The molecule has 0 unspecified atom stereocenters. The summed E-state index contributed by atoms with van der Waals surface area (Å²) in [6.07, 6.45) is 2.19. The van der Waals surface area contributed by atoms with E-state index in [1.54, 1.807) is 6.92 Å². The van der Waals surface area contributed by atoms with Crippen LogP contribution < -0.4 is 0 Å². The highest BCUT2D eigenvalue weighted by molar-refractivity contribution is 7.71. The van der Waals surface area contributed by atoms with Crippen molar-refractivity contribution in [2.45, 2.75) is 26.3 Å². The lowest BCUT2D eigenvalue weighted by atomic mass is 10.2. The van der Waals surface area contributed by atoms with Crippen LogP contribution in [0.25, 0.3) is 11.0 Å². The Morgan fingerprint density at radius 2 is 2.05 bits per heavy atom. The molecule has 2 rings (SSSR count). The number of unbranched alkanes of at least 4 members (excludes halogenated alkanes) is 1. The van der Waals surface area contributed by atoms with Crippen LogP contribution in [0.2, 0.25) is 0 Å². The minimum absolute atomic E-state index is 0.191. The predicted molar refractivity (Wildman–Crippen MR) is 79.6 cm³/mol. The molecule has 0 fully saturated rings. The molecule has 1 aromatic heterocycles. The molecule has 0 amide bonds. The number of fused-ring (bicyclic) bond motifs is 1. The molecule has 104 valence electrons. The number of aryl methyl sites for hydroxylation is 2. The largest absolute Gasteiger partial charge is 0.330 e. The monoisotopic (exact) mass is 281 g/mol. The van der Waals surface area contributed by atoms with Gasteiger partial charge in [-0.2, -0.15) is 0 Å². The van der Waals surface area contributed by atoms with Gasteiger partial charge in [0.25, 0.3) is 0 Å². The molecule has 0 saturated carbocycles. The minimum Gasteiger partial charge on any atom is -0.330 e. The Morgan fingerprint density at radius 3 is 2.74 bits per heavy atom. The molecular formula is C14H20FN3S. The van der Waals surface area contributed by atoms with Gasteiger partial charge in [-0.3, -0.25) is 0 Å². The van der Waals surface area contributed by atoms with Gasteiger partial charge in [-0.15, -0.1) is 0 Å². The normalized spacial score (nSPS) is 11.6. The van der Waals surface area contributed by atoms with Crippen LogP contribution in [0.3, 0.4) is 0 Å². The fourth-order valence-electron chi connectivity index (χ4n) is 2.20. The highest BCUT2D eigenvalue weighted by Crippen LogP contribution is 2.19. The third-order valence-electron chi connectivity index (χ3n) is 3.29. The summed E-state index contributed by atoms with van der Waals surface area (Å²) in [6.45, 7) is 3.72. The average molecular weight is 281 g/mol. The van der Waals surface area contributed by atoms with Gasteiger partial charge in [-0.05, 0) is 70.3 Å². The second-order valence-corrected chi connectivity index (χ2v) is 5.60. The summed E-state index contributed by atoms with van der Waals surface area (Å²) < 4.78 is 16.2. The second kappa shape index (κ2) is 5.84.